The number of rotatable bonds is 3. The molecule has 0 aliphatic heterocycles. The number of halogens is 1. The summed E-state index contributed by atoms with van der Waals surface area (Å²) in [6, 6.07) is 3.56. The van der Waals surface area contributed by atoms with E-state index in [0.717, 1.165) is 3.57 Å². The molecule has 4 heteroatoms. The molecule has 0 unspecified atom stereocenters. The monoisotopic (exact) mass is 305 g/mol. The van der Waals surface area contributed by atoms with Crippen LogP contribution in [0.25, 0.3) is 0 Å². The zero-order chi connectivity index (χ0) is 10.7. The molecule has 1 rings (SSSR count). The van der Waals surface area contributed by atoms with Crippen LogP contribution in [-0.4, -0.2) is 12.4 Å². The fourth-order valence-corrected chi connectivity index (χ4v) is 1.83. The van der Waals surface area contributed by atoms with Crippen molar-refractivity contribution in [1.82, 2.24) is 0 Å². The number of Topliss-reactive ketones (excluding diaryl/α,β-unsaturated/α-hetero) is 1. The number of hydrogen-bond donors (Lipinski definition) is 1. The minimum atomic E-state index is -0.0653. The molecule has 0 aliphatic rings. The van der Waals surface area contributed by atoms with Gasteiger partial charge in [-0.1, -0.05) is 0 Å². The lowest BCUT2D eigenvalue weighted by Crippen LogP contribution is -2.06. The number of ether oxygens (including phenoxy) is 1. The molecule has 0 atom stereocenters. The number of ketones is 1. The number of anilines is 1. The van der Waals surface area contributed by atoms with Gasteiger partial charge in [-0.2, -0.15) is 0 Å². The minimum absolute atomic E-state index is 0.0653. The summed E-state index contributed by atoms with van der Waals surface area (Å²) < 4.78 is 6.31. The van der Waals surface area contributed by atoms with E-state index in [0.29, 0.717) is 23.6 Å². The molecule has 0 aliphatic carbocycles. The van der Waals surface area contributed by atoms with Gasteiger partial charge in [-0.25, -0.2) is 0 Å². The molecule has 0 fully saturated rings. The molecule has 0 spiro atoms. The third kappa shape index (κ3) is 2.17. The highest BCUT2D eigenvalue weighted by atomic mass is 127. The van der Waals surface area contributed by atoms with Crippen molar-refractivity contribution in [1.29, 1.82) is 0 Å². The van der Waals surface area contributed by atoms with Crippen molar-refractivity contribution in [2.75, 3.05) is 12.3 Å². The van der Waals surface area contributed by atoms with Crippen LogP contribution in [0.5, 0.6) is 5.75 Å². The Balaban J connectivity index is 3.33. The van der Waals surface area contributed by atoms with Crippen molar-refractivity contribution in [3.05, 3.63) is 21.3 Å². The Labute approximate surface area is 96.8 Å². The number of benzene rings is 1. The van der Waals surface area contributed by atoms with Crippen molar-refractivity contribution in [2.45, 2.75) is 13.8 Å². The van der Waals surface area contributed by atoms with Crippen molar-refractivity contribution >= 4 is 34.1 Å². The quantitative estimate of drug-likeness (QED) is 0.530. The lowest BCUT2D eigenvalue weighted by atomic mass is 10.1. The maximum Gasteiger partial charge on any atom is 0.165 e. The van der Waals surface area contributed by atoms with Gasteiger partial charge in [0.1, 0.15) is 5.75 Å². The maximum absolute atomic E-state index is 11.4. The second-order valence-electron chi connectivity index (χ2n) is 2.83. The molecule has 0 bridgehead atoms. The largest absolute Gasteiger partial charge is 0.492 e. The molecular weight excluding hydrogens is 293 g/mol. The standard InChI is InChI=1S/C10H12INO2/c1-3-14-10-7(11)4-5-8(12)9(10)6(2)13/h4-5H,3,12H2,1-2H3. The number of nitrogens with two attached hydrogens (primary N) is 1. The molecule has 3 nitrogen and oxygen atoms in total. The molecule has 0 radical (unpaired) electrons. The molecule has 0 heterocycles. The fraction of sp³-hybridized carbons (Fsp3) is 0.300. The Morgan fingerprint density at radius 1 is 1.57 bits per heavy atom. The van der Waals surface area contributed by atoms with Crippen LogP contribution in [0.3, 0.4) is 0 Å². The van der Waals surface area contributed by atoms with Gasteiger partial charge >= 0.3 is 0 Å². The summed E-state index contributed by atoms with van der Waals surface area (Å²) in [6.45, 7) is 3.90. The summed E-state index contributed by atoms with van der Waals surface area (Å²) in [5, 5.41) is 0. The van der Waals surface area contributed by atoms with E-state index >= 15 is 0 Å². The molecule has 2 N–H and O–H groups in total. The van der Waals surface area contributed by atoms with Gasteiger partial charge in [-0.05, 0) is 48.6 Å². The van der Waals surface area contributed by atoms with Crippen LogP contribution in [0, 0.1) is 3.57 Å². The SMILES string of the molecule is CCOc1c(I)ccc(N)c1C(C)=O. The molecule has 1 aromatic rings. The van der Waals surface area contributed by atoms with E-state index in [1.54, 1.807) is 6.07 Å². The second kappa shape index (κ2) is 4.63. The van der Waals surface area contributed by atoms with Crippen LogP contribution in [-0.2, 0) is 0 Å². The summed E-state index contributed by atoms with van der Waals surface area (Å²) >= 11 is 2.13. The Hall–Kier alpha value is -0.780. The Bertz CT molecular complexity index is 363. The van der Waals surface area contributed by atoms with Crippen molar-refractivity contribution in [3.8, 4) is 5.75 Å². The zero-order valence-electron chi connectivity index (χ0n) is 8.13. The first-order chi connectivity index (χ1) is 6.57. The Morgan fingerprint density at radius 2 is 2.21 bits per heavy atom. The number of hydrogen-bond acceptors (Lipinski definition) is 3. The van der Waals surface area contributed by atoms with Gasteiger partial charge in [-0.15, -0.1) is 0 Å². The van der Waals surface area contributed by atoms with E-state index in [1.807, 2.05) is 13.0 Å². The maximum atomic E-state index is 11.4. The van der Waals surface area contributed by atoms with Crippen LogP contribution in [0.2, 0.25) is 0 Å². The van der Waals surface area contributed by atoms with Crippen molar-refractivity contribution < 1.29 is 9.53 Å². The molecule has 0 saturated heterocycles. The first-order valence-electron chi connectivity index (χ1n) is 4.29. The molecule has 0 amide bonds. The Kier molecular flexibility index (Phi) is 3.74. The van der Waals surface area contributed by atoms with E-state index in [2.05, 4.69) is 22.6 Å². The summed E-state index contributed by atoms with van der Waals surface area (Å²) in [5.74, 6) is 0.532. The van der Waals surface area contributed by atoms with E-state index in [-0.39, 0.29) is 5.78 Å². The summed E-state index contributed by atoms with van der Waals surface area (Å²) in [7, 11) is 0. The normalized spacial score (nSPS) is 9.93. The number of carbonyl (C=O) groups is 1. The van der Waals surface area contributed by atoms with Crippen LogP contribution in [0.4, 0.5) is 5.69 Å². The van der Waals surface area contributed by atoms with E-state index < -0.39 is 0 Å². The van der Waals surface area contributed by atoms with Crippen LogP contribution in [0.1, 0.15) is 24.2 Å². The molecule has 14 heavy (non-hydrogen) atoms. The average Bonchev–Trinajstić information content (AvgIpc) is 2.11. The first-order valence-corrected chi connectivity index (χ1v) is 5.37. The first kappa shape index (κ1) is 11.3. The van der Waals surface area contributed by atoms with E-state index in [9.17, 15) is 4.79 Å². The highest BCUT2D eigenvalue weighted by molar-refractivity contribution is 14.1. The van der Waals surface area contributed by atoms with Crippen LogP contribution >= 0.6 is 22.6 Å². The molecule has 0 aromatic heterocycles. The summed E-state index contributed by atoms with van der Waals surface area (Å²) in [5.41, 5.74) is 6.68. The summed E-state index contributed by atoms with van der Waals surface area (Å²) in [4.78, 5) is 11.4. The van der Waals surface area contributed by atoms with Gasteiger partial charge in [0, 0.05) is 5.69 Å². The minimum Gasteiger partial charge on any atom is -0.492 e. The highest BCUT2D eigenvalue weighted by Gasteiger charge is 2.15. The van der Waals surface area contributed by atoms with Crippen molar-refractivity contribution in [2.24, 2.45) is 0 Å². The lowest BCUT2D eigenvalue weighted by Gasteiger charge is -2.12. The topological polar surface area (TPSA) is 52.3 Å². The van der Waals surface area contributed by atoms with Gasteiger partial charge in [-0.3, -0.25) is 4.79 Å². The second-order valence-corrected chi connectivity index (χ2v) is 3.99. The van der Waals surface area contributed by atoms with Crippen LogP contribution < -0.4 is 10.5 Å². The van der Waals surface area contributed by atoms with Gasteiger partial charge in [0.15, 0.2) is 5.78 Å². The van der Waals surface area contributed by atoms with Crippen LogP contribution in [0.15, 0.2) is 12.1 Å². The highest BCUT2D eigenvalue weighted by Crippen LogP contribution is 2.30. The van der Waals surface area contributed by atoms with Gasteiger partial charge in [0.05, 0.1) is 15.7 Å². The Morgan fingerprint density at radius 3 is 2.71 bits per heavy atom. The lowest BCUT2D eigenvalue weighted by molar-refractivity contribution is 0.101. The van der Waals surface area contributed by atoms with Gasteiger partial charge < -0.3 is 10.5 Å². The molecule has 76 valence electrons. The summed E-state index contributed by atoms with van der Waals surface area (Å²) in [6.07, 6.45) is 0. The molecule has 1 aromatic carbocycles. The zero-order valence-corrected chi connectivity index (χ0v) is 10.3. The predicted molar refractivity (Wildman–Crippen MR) is 64.7 cm³/mol. The third-order valence-corrected chi connectivity index (χ3v) is 2.63. The van der Waals surface area contributed by atoms with E-state index in [4.69, 9.17) is 10.5 Å². The number of carbonyl (C=O) groups excluding carboxylic acids is 1. The third-order valence-electron chi connectivity index (χ3n) is 1.78. The fourth-order valence-electron chi connectivity index (χ4n) is 1.22. The molecule has 0 saturated carbocycles. The average molecular weight is 305 g/mol. The number of nitrogen functional groups attached to an aromatic ring is 1. The van der Waals surface area contributed by atoms with Gasteiger partial charge in [0.25, 0.3) is 0 Å². The molecular formula is C10H12INO2. The van der Waals surface area contributed by atoms with E-state index in [1.165, 1.54) is 6.92 Å². The van der Waals surface area contributed by atoms with Crippen molar-refractivity contribution in [3.63, 3.8) is 0 Å². The smallest absolute Gasteiger partial charge is 0.165 e. The predicted octanol–water partition coefficient (Wildman–Crippen LogP) is 2.47. The van der Waals surface area contributed by atoms with Gasteiger partial charge in [0.2, 0.25) is 0 Å².